The lowest BCUT2D eigenvalue weighted by atomic mass is 10.0. The van der Waals surface area contributed by atoms with Gasteiger partial charge in [-0.05, 0) is 75.6 Å². The number of alkyl halides is 3. The molecule has 0 aliphatic rings. The summed E-state index contributed by atoms with van der Waals surface area (Å²) in [6.45, 7) is 7.15. The summed E-state index contributed by atoms with van der Waals surface area (Å²) in [6, 6.07) is 7.82. The SMILES string of the molecule is Cc1cc(C(N)CC(N)N/C(=N\C(=O)c2ccc(C(F)(F)F)cc2)NC(C)(C)C)ccc1F. The molecule has 6 N–H and O–H groups in total. The van der Waals surface area contributed by atoms with Crippen molar-refractivity contribution in [2.45, 2.75) is 58.0 Å². The highest BCUT2D eigenvalue weighted by Crippen LogP contribution is 2.29. The van der Waals surface area contributed by atoms with Gasteiger partial charge in [-0.3, -0.25) is 4.79 Å². The van der Waals surface area contributed by atoms with Crippen LogP contribution in [0.1, 0.15) is 60.3 Å². The zero-order valence-corrected chi connectivity index (χ0v) is 18.9. The summed E-state index contributed by atoms with van der Waals surface area (Å²) in [5, 5.41) is 5.92. The first-order chi connectivity index (χ1) is 15.2. The predicted octanol–water partition coefficient (Wildman–Crippen LogP) is 4.00. The molecule has 10 heteroatoms. The lowest BCUT2D eigenvalue weighted by Gasteiger charge is -2.27. The molecular weight excluding hydrogens is 438 g/mol. The second kappa shape index (κ2) is 10.3. The number of nitrogens with zero attached hydrogens (tertiary/aromatic N) is 1. The molecule has 0 fully saturated rings. The van der Waals surface area contributed by atoms with Gasteiger partial charge >= 0.3 is 6.18 Å². The maximum Gasteiger partial charge on any atom is 0.416 e. The van der Waals surface area contributed by atoms with Gasteiger partial charge in [-0.1, -0.05) is 12.1 Å². The number of guanidine groups is 1. The first kappa shape index (κ1) is 26.3. The maximum absolute atomic E-state index is 13.5. The Morgan fingerprint density at radius 2 is 1.67 bits per heavy atom. The Morgan fingerprint density at radius 1 is 1.06 bits per heavy atom. The molecule has 0 saturated heterocycles. The Balaban J connectivity index is 2.16. The predicted molar refractivity (Wildman–Crippen MR) is 120 cm³/mol. The molecular formula is C23H29F4N5O. The van der Waals surface area contributed by atoms with Gasteiger partial charge in [-0.25, -0.2) is 4.39 Å². The monoisotopic (exact) mass is 467 g/mol. The average Bonchev–Trinajstić information content (AvgIpc) is 2.68. The number of carbonyl (C=O) groups excluding carboxylic acids is 1. The summed E-state index contributed by atoms with van der Waals surface area (Å²) in [5.74, 6) is -1.02. The summed E-state index contributed by atoms with van der Waals surface area (Å²) in [7, 11) is 0. The fourth-order valence-electron chi connectivity index (χ4n) is 2.96. The van der Waals surface area contributed by atoms with Gasteiger partial charge in [0.05, 0.1) is 11.7 Å². The summed E-state index contributed by atoms with van der Waals surface area (Å²) in [5.41, 5.74) is 12.2. The van der Waals surface area contributed by atoms with Crippen molar-refractivity contribution in [1.82, 2.24) is 10.6 Å². The molecule has 2 aromatic carbocycles. The van der Waals surface area contributed by atoms with Crippen LogP contribution in [0.15, 0.2) is 47.5 Å². The number of rotatable bonds is 5. The average molecular weight is 468 g/mol. The molecule has 0 aliphatic heterocycles. The number of hydrogen-bond donors (Lipinski definition) is 4. The zero-order valence-electron chi connectivity index (χ0n) is 18.9. The minimum absolute atomic E-state index is 0.00920. The Labute approximate surface area is 190 Å². The smallest absolute Gasteiger partial charge is 0.351 e. The van der Waals surface area contributed by atoms with Crippen LogP contribution in [0, 0.1) is 12.7 Å². The topological polar surface area (TPSA) is 106 Å². The molecule has 180 valence electrons. The number of aliphatic imine (C=N–C) groups is 1. The van der Waals surface area contributed by atoms with Gasteiger partial charge in [0.25, 0.3) is 5.91 Å². The van der Waals surface area contributed by atoms with Gasteiger partial charge in [0.1, 0.15) is 5.82 Å². The number of nitrogens with one attached hydrogen (secondary N) is 2. The van der Waals surface area contributed by atoms with E-state index < -0.39 is 35.4 Å². The van der Waals surface area contributed by atoms with Crippen molar-refractivity contribution in [2.75, 3.05) is 0 Å². The molecule has 2 aromatic rings. The highest BCUT2D eigenvalue weighted by molar-refractivity contribution is 6.02. The largest absolute Gasteiger partial charge is 0.416 e. The van der Waals surface area contributed by atoms with Gasteiger partial charge in [-0.15, -0.1) is 0 Å². The third-order valence-electron chi connectivity index (χ3n) is 4.61. The van der Waals surface area contributed by atoms with Crippen molar-refractivity contribution >= 4 is 11.9 Å². The van der Waals surface area contributed by atoms with Crippen LogP contribution in [-0.4, -0.2) is 23.6 Å². The molecule has 2 atom stereocenters. The third kappa shape index (κ3) is 8.14. The number of amides is 1. The van der Waals surface area contributed by atoms with E-state index in [4.69, 9.17) is 11.5 Å². The summed E-state index contributed by atoms with van der Waals surface area (Å²) in [4.78, 5) is 16.5. The normalized spacial score (nSPS) is 14.5. The van der Waals surface area contributed by atoms with Gasteiger partial charge in [0.15, 0.2) is 0 Å². The minimum Gasteiger partial charge on any atom is -0.351 e. The molecule has 2 rings (SSSR count). The maximum atomic E-state index is 13.5. The second-order valence-corrected chi connectivity index (χ2v) is 8.82. The van der Waals surface area contributed by atoms with Crippen molar-refractivity contribution in [2.24, 2.45) is 16.5 Å². The van der Waals surface area contributed by atoms with Crippen LogP contribution >= 0.6 is 0 Å². The van der Waals surface area contributed by atoms with E-state index in [0.29, 0.717) is 11.1 Å². The number of hydrogen-bond acceptors (Lipinski definition) is 3. The van der Waals surface area contributed by atoms with E-state index in [2.05, 4.69) is 15.6 Å². The molecule has 0 aromatic heterocycles. The van der Waals surface area contributed by atoms with E-state index in [1.54, 1.807) is 19.1 Å². The summed E-state index contributed by atoms with van der Waals surface area (Å²) in [6.07, 6.45) is -4.98. The fraction of sp³-hybridized carbons (Fsp3) is 0.391. The van der Waals surface area contributed by atoms with Gasteiger partial charge in [0, 0.05) is 17.1 Å². The van der Waals surface area contributed by atoms with Crippen LogP contribution in [0.2, 0.25) is 0 Å². The van der Waals surface area contributed by atoms with E-state index in [1.807, 2.05) is 20.8 Å². The van der Waals surface area contributed by atoms with Crippen molar-refractivity contribution < 1.29 is 22.4 Å². The van der Waals surface area contributed by atoms with E-state index in [0.717, 1.165) is 24.3 Å². The molecule has 1 amide bonds. The van der Waals surface area contributed by atoms with Crippen LogP contribution in [0.25, 0.3) is 0 Å². The highest BCUT2D eigenvalue weighted by atomic mass is 19.4. The van der Waals surface area contributed by atoms with Crippen molar-refractivity contribution in [1.29, 1.82) is 0 Å². The number of aryl methyl sites for hydroxylation is 1. The highest BCUT2D eigenvalue weighted by Gasteiger charge is 2.30. The quantitative estimate of drug-likeness (QED) is 0.230. The Morgan fingerprint density at radius 3 is 2.18 bits per heavy atom. The van der Waals surface area contributed by atoms with Gasteiger partial charge in [-0.2, -0.15) is 18.2 Å². The molecule has 6 nitrogen and oxygen atoms in total. The lowest BCUT2D eigenvalue weighted by molar-refractivity contribution is -0.137. The Bertz CT molecular complexity index is 997. The summed E-state index contributed by atoms with van der Waals surface area (Å²) < 4.78 is 51.8. The minimum atomic E-state index is -4.50. The fourth-order valence-corrected chi connectivity index (χ4v) is 2.96. The lowest BCUT2D eigenvalue weighted by Crippen LogP contribution is -2.54. The molecule has 0 bridgehead atoms. The molecule has 0 radical (unpaired) electrons. The number of carbonyl (C=O) groups is 1. The zero-order chi connectivity index (χ0) is 25.0. The molecule has 33 heavy (non-hydrogen) atoms. The molecule has 0 heterocycles. The standard InChI is InChI=1S/C23H29F4N5O/c1-13-11-15(7-10-17(13)24)18(28)12-19(29)30-21(32-22(2,3)4)31-20(33)14-5-8-16(9-6-14)23(25,26)27/h5-11,18-19H,12,28-29H2,1-4H3,(H2,30,31,32,33). The first-order valence-corrected chi connectivity index (χ1v) is 10.3. The van der Waals surface area contributed by atoms with E-state index in [1.165, 1.54) is 6.07 Å². The second-order valence-electron chi connectivity index (χ2n) is 8.82. The van der Waals surface area contributed by atoms with E-state index >= 15 is 0 Å². The van der Waals surface area contributed by atoms with Crippen LogP contribution in [-0.2, 0) is 6.18 Å². The van der Waals surface area contributed by atoms with Crippen LogP contribution in [0.3, 0.4) is 0 Å². The van der Waals surface area contributed by atoms with Gasteiger partial charge < -0.3 is 22.1 Å². The molecule has 0 spiro atoms. The molecule has 2 unspecified atom stereocenters. The van der Waals surface area contributed by atoms with Crippen LogP contribution in [0.4, 0.5) is 17.6 Å². The van der Waals surface area contributed by atoms with Crippen LogP contribution in [0.5, 0.6) is 0 Å². The number of nitrogens with two attached hydrogens (primary N) is 2. The molecule has 0 aliphatic carbocycles. The van der Waals surface area contributed by atoms with Crippen molar-refractivity contribution in [3.05, 3.63) is 70.5 Å². The van der Waals surface area contributed by atoms with Crippen LogP contribution < -0.4 is 22.1 Å². The van der Waals surface area contributed by atoms with Crippen molar-refractivity contribution in [3.8, 4) is 0 Å². The van der Waals surface area contributed by atoms with E-state index in [9.17, 15) is 22.4 Å². The number of benzene rings is 2. The number of halogens is 4. The van der Waals surface area contributed by atoms with Crippen molar-refractivity contribution in [3.63, 3.8) is 0 Å². The first-order valence-electron chi connectivity index (χ1n) is 10.3. The Kier molecular flexibility index (Phi) is 8.20. The summed E-state index contributed by atoms with van der Waals surface area (Å²) >= 11 is 0. The Hall–Kier alpha value is -2.98. The van der Waals surface area contributed by atoms with E-state index in [-0.39, 0.29) is 23.8 Å². The third-order valence-corrected chi connectivity index (χ3v) is 4.61. The van der Waals surface area contributed by atoms with Gasteiger partial charge in [0.2, 0.25) is 5.96 Å². The molecule has 0 saturated carbocycles.